The van der Waals surface area contributed by atoms with Crippen LogP contribution in [-0.2, 0) is 4.65 Å². The monoisotopic (exact) mass is 352 g/mol. The van der Waals surface area contributed by atoms with Gasteiger partial charge in [0.2, 0.25) is 0 Å². The van der Waals surface area contributed by atoms with E-state index in [0.717, 1.165) is 0 Å². The van der Waals surface area contributed by atoms with E-state index < -0.39 is 24.1 Å². The van der Waals surface area contributed by atoms with E-state index in [1.165, 1.54) is 12.1 Å². The molecule has 19 heavy (non-hydrogen) atoms. The minimum absolute atomic E-state index is 0.0553. The van der Waals surface area contributed by atoms with Crippen LogP contribution in [0.5, 0.6) is 0 Å². The summed E-state index contributed by atoms with van der Waals surface area (Å²) in [6.45, 7) is 6.28. The largest absolute Gasteiger partial charge is 0.496 e. The van der Waals surface area contributed by atoms with Crippen molar-refractivity contribution < 1.29 is 19.2 Å². The third kappa shape index (κ3) is 3.70. The lowest BCUT2D eigenvalue weighted by Gasteiger charge is -2.38. The molecule has 0 fully saturated rings. The first kappa shape index (κ1) is 16.9. The quantitative estimate of drug-likeness (QED) is 0.646. The maximum absolute atomic E-state index is 14.0. The Morgan fingerprint density at radius 3 is 2.32 bits per heavy atom. The molecule has 0 saturated carbocycles. The molecular formula is C12H16BBrClFO3. The Bertz CT molecular complexity index is 477. The van der Waals surface area contributed by atoms with Gasteiger partial charge in [-0.3, -0.25) is 0 Å². The van der Waals surface area contributed by atoms with Gasteiger partial charge >= 0.3 is 7.12 Å². The lowest BCUT2D eigenvalue weighted by Crippen LogP contribution is -2.53. The average Bonchev–Trinajstić information content (AvgIpc) is 2.21. The van der Waals surface area contributed by atoms with E-state index in [0.29, 0.717) is 0 Å². The van der Waals surface area contributed by atoms with E-state index in [9.17, 15) is 14.5 Å². The molecule has 2 N–H and O–H groups in total. The zero-order valence-electron chi connectivity index (χ0n) is 11.2. The summed E-state index contributed by atoms with van der Waals surface area (Å²) >= 11 is 8.89. The number of benzene rings is 1. The highest BCUT2D eigenvalue weighted by Crippen LogP contribution is 2.26. The van der Waals surface area contributed by atoms with Gasteiger partial charge in [-0.2, -0.15) is 0 Å². The standard InChI is InChI=1S/C12H16BBrClFO3/c1-11(2,17)12(3,4)19-13(18)9-8(15)6-5-7(14)10(9)16/h5-6,17-18H,1-4H3. The van der Waals surface area contributed by atoms with E-state index in [2.05, 4.69) is 15.9 Å². The van der Waals surface area contributed by atoms with Gasteiger partial charge in [-0.15, -0.1) is 0 Å². The van der Waals surface area contributed by atoms with E-state index in [-0.39, 0.29) is 15.0 Å². The number of aliphatic hydroxyl groups is 1. The van der Waals surface area contributed by atoms with Crippen LogP contribution in [-0.4, -0.2) is 28.5 Å². The molecule has 0 unspecified atom stereocenters. The molecular weight excluding hydrogens is 337 g/mol. The van der Waals surface area contributed by atoms with Crippen molar-refractivity contribution in [3.05, 3.63) is 27.4 Å². The van der Waals surface area contributed by atoms with Crippen LogP contribution in [0.2, 0.25) is 5.02 Å². The van der Waals surface area contributed by atoms with Gasteiger partial charge in [0, 0.05) is 10.5 Å². The van der Waals surface area contributed by atoms with Crippen LogP contribution in [0.4, 0.5) is 4.39 Å². The van der Waals surface area contributed by atoms with Crippen LogP contribution >= 0.6 is 27.5 Å². The molecule has 0 amide bonds. The lowest BCUT2D eigenvalue weighted by atomic mass is 9.76. The van der Waals surface area contributed by atoms with Crippen molar-refractivity contribution in [1.82, 2.24) is 0 Å². The second kappa shape index (κ2) is 5.70. The van der Waals surface area contributed by atoms with E-state index in [1.807, 2.05) is 0 Å². The lowest BCUT2D eigenvalue weighted by molar-refractivity contribution is -0.0983. The van der Waals surface area contributed by atoms with Crippen molar-refractivity contribution in [3.8, 4) is 0 Å². The molecule has 0 aliphatic carbocycles. The summed E-state index contributed by atoms with van der Waals surface area (Å²) in [5.41, 5.74) is -2.47. The SMILES string of the molecule is CC(C)(O)C(C)(C)OB(O)c1c(Cl)ccc(Br)c1F. The summed E-state index contributed by atoms with van der Waals surface area (Å²) in [5.74, 6) is -0.688. The molecule has 0 radical (unpaired) electrons. The first-order valence-electron chi connectivity index (χ1n) is 5.69. The smallest absolute Gasteiger partial charge is 0.423 e. The van der Waals surface area contributed by atoms with Gasteiger partial charge in [0.05, 0.1) is 15.7 Å². The second-order valence-electron chi connectivity index (χ2n) is 5.30. The number of rotatable bonds is 4. The van der Waals surface area contributed by atoms with Crippen molar-refractivity contribution in [2.24, 2.45) is 0 Å². The Hall–Kier alpha value is -0.135. The predicted octanol–water partition coefficient (Wildman–Crippen LogP) is 2.50. The van der Waals surface area contributed by atoms with E-state index >= 15 is 0 Å². The van der Waals surface area contributed by atoms with Gasteiger partial charge in [0.1, 0.15) is 5.82 Å². The highest BCUT2D eigenvalue weighted by Gasteiger charge is 2.41. The maximum Gasteiger partial charge on any atom is 0.496 e. The van der Waals surface area contributed by atoms with Gasteiger partial charge in [0.15, 0.2) is 0 Å². The molecule has 1 aromatic rings. The van der Waals surface area contributed by atoms with Crippen LogP contribution in [0.1, 0.15) is 27.7 Å². The Kier molecular flexibility index (Phi) is 5.07. The van der Waals surface area contributed by atoms with Crippen molar-refractivity contribution in [2.75, 3.05) is 0 Å². The fraction of sp³-hybridized carbons (Fsp3) is 0.500. The van der Waals surface area contributed by atoms with Crippen LogP contribution in [0.25, 0.3) is 0 Å². The average molecular weight is 353 g/mol. The molecule has 106 valence electrons. The molecule has 0 aliphatic rings. The first-order chi connectivity index (χ1) is 8.47. The number of halogens is 3. The Balaban J connectivity index is 3.10. The molecule has 1 aromatic carbocycles. The van der Waals surface area contributed by atoms with Crippen molar-refractivity contribution in [1.29, 1.82) is 0 Å². The molecule has 0 aromatic heterocycles. The molecule has 0 aliphatic heterocycles. The summed E-state index contributed by atoms with van der Waals surface area (Å²) in [4.78, 5) is 0. The normalized spacial score (nSPS) is 12.7. The van der Waals surface area contributed by atoms with Gasteiger partial charge in [0.25, 0.3) is 0 Å². The van der Waals surface area contributed by atoms with Crippen LogP contribution < -0.4 is 5.46 Å². The summed E-state index contributed by atoms with van der Waals surface area (Å²) in [7, 11) is -1.58. The first-order valence-corrected chi connectivity index (χ1v) is 6.86. The molecule has 1 rings (SSSR count). The molecule has 0 bridgehead atoms. The fourth-order valence-corrected chi connectivity index (χ4v) is 1.84. The summed E-state index contributed by atoms with van der Waals surface area (Å²) in [5, 5.41) is 20.0. The highest BCUT2D eigenvalue weighted by atomic mass is 79.9. The third-order valence-electron chi connectivity index (χ3n) is 3.21. The Labute approximate surface area is 126 Å². The Morgan fingerprint density at radius 2 is 1.84 bits per heavy atom. The van der Waals surface area contributed by atoms with Crippen LogP contribution in [0, 0.1) is 5.82 Å². The Morgan fingerprint density at radius 1 is 1.32 bits per heavy atom. The second-order valence-corrected chi connectivity index (χ2v) is 6.56. The predicted molar refractivity (Wildman–Crippen MR) is 78.2 cm³/mol. The summed E-state index contributed by atoms with van der Waals surface area (Å²) < 4.78 is 19.5. The molecule has 0 saturated heterocycles. The van der Waals surface area contributed by atoms with Crippen molar-refractivity contribution in [3.63, 3.8) is 0 Å². The van der Waals surface area contributed by atoms with Gasteiger partial charge in [-0.05, 0) is 55.8 Å². The van der Waals surface area contributed by atoms with Crippen molar-refractivity contribution in [2.45, 2.75) is 38.9 Å². The molecule has 0 spiro atoms. The number of hydrogen-bond acceptors (Lipinski definition) is 3. The van der Waals surface area contributed by atoms with Crippen LogP contribution in [0.3, 0.4) is 0 Å². The molecule has 0 atom stereocenters. The molecule has 0 heterocycles. The summed E-state index contributed by atoms with van der Waals surface area (Å²) in [6.07, 6.45) is 0. The van der Waals surface area contributed by atoms with Gasteiger partial charge in [-0.1, -0.05) is 11.6 Å². The van der Waals surface area contributed by atoms with Crippen molar-refractivity contribution >= 4 is 40.1 Å². The third-order valence-corrected chi connectivity index (χ3v) is 4.15. The van der Waals surface area contributed by atoms with Gasteiger partial charge < -0.3 is 14.8 Å². The zero-order chi connectivity index (χ0) is 15.0. The summed E-state index contributed by atoms with van der Waals surface area (Å²) in [6, 6.07) is 2.89. The molecule has 7 heteroatoms. The fourth-order valence-electron chi connectivity index (χ4n) is 1.25. The highest BCUT2D eigenvalue weighted by molar-refractivity contribution is 9.10. The van der Waals surface area contributed by atoms with Crippen LogP contribution in [0.15, 0.2) is 16.6 Å². The van der Waals surface area contributed by atoms with E-state index in [1.54, 1.807) is 27.7 Å². The maximum atomic E-state index is 14.0. The van der Waals surface area contributed by atoms with Gasteiger partial charge in [-0.25, -0.2) is 4.39 Å². The minimum Gasteiger partial charge on any atom is -0.423 e. The van der Waals surface area contributed by atoms with E-state index in [4.69, 9.17) is 16.3 Å². The minimum atomic E-state index is -1.58. The molecule has 3 nitrogen and oxygen atoms in total. The topological polar surface area (TPSA) is 49.7 Å². The number of hydrogen-bond donors (Lipinski definition) is 2. The zero-order valence-corrected chi connectivity index (χ0v) is 13.5.